The summed E-state index contributed by atoms with van der Waals surface area (Å²) in [7, 11) is -3.93. The number of aromatic hydroxyl groups is 1. The molecule has 1 aromatic heterocycles. The lowest BCUT2D eigenvalue weighted by Crippen LogP contribution is -2.13. The lowest BCUT2D eigenvalue weighted by atomic mass is 10.3. The Morgan fingerprint density at radius 2 is 2.17 bits per heavy atom. The summed E-state index contributed by atoms with van der Waals surface area (Å²) in [5, 5.41) is 9.27. The summed E-state index contributed by atoms with van der Waals surface area (Å²) >= 11 is 0. The van der Waals surface area contributed by atoms with Crippen molar-refractivity contribution in [2.75, 3.05) is 4.72 Å². The van der Waals surface area contributed by atoms with Crippen molar-refractivity contribution in [1.82, 2.24) is 9.97 Å². The first-order valence-corrected chi connectivity index (χ1v) is 6.40. The molecule has 0 fully saturated rings. The molecule has 0 saturated heterocycles. The molecular weight excluding hydrogens is 261 g/mol. The second-order valence-corrected chi connectivity index (χ2v) is 5.25. The van der Waals surface area contributed by atoms with E-state index >= 15 is 0 Å². The van der Waals surface area contributed by atoms with Gasteiger partial charge >= 0.3 is 0 Å². The van der Waals surface area contributed by atoms with Gasteiger partial charge in [-0.25, -0.2) is 9.37 Å². The molecule has 3 N–H and O–H groups in total. The summed E-state index contributed by atoms with van der Waals surface area (Å²) < 4.78 is 38.8. The van der Waals surface area contributed by atoms with E-state index in [2.05, 4.69) is 14.7 Å². The Hall–Kier alpha value is -2.09. The maximum Gasteiger partial charge on any atom is 0.279 e. The van der Waals surface area contributed by atoms with Gasteiger partial charge in [-0.3, -0.25) is 4.72 Å². The van der Waals surface area contributed by atoms with Crippen molar-refractivity contribution in [2.45, 2.75) is 11.9 Å². The van der Waals surface area contributed by atoms with Crippen LogP contribution in [0.5, 0.6) is 5.75 Å². The van der Waals surface area contributed by atoms with Crippen LogP contribution in [0.25, 0.3) is 0 Å². The second kappa shape index (κ2) is 4.30. The minimum Gasteiger partial charge on any atom is -0.506 e. The highest BCUT2D eigenvalue weighted by Crippen LogP contribution is 2.25. The number of anilines is 1. The van der Waals surface area contributed by atoms with Crippen LogP contribution in [-0.2, 0) is 10.0 Å². The van der Waals surface area contributed by atoms with Crippen LogP contribution >= 0.6 is 0 Å². The van der Waals surface area contributed by atoms with Crippen molar-refractivity contribution in [3.8, 4) is 5.75 Å². The van der Waals surface area contributed by atoms with Crippen molar-refractivity contribution in [1.29, 1.82) is 0 Å². The molecule has 1 aromatic carbocycles. The number of halogens is 1. The lowest BCUT2D eigenvalue weighted by Gasteiger charge is -2.07. The topological polar surface area (TPSA) is 95.1 Å². The van der Waals surface area contributed by atoms with Gasteiger partial charge in [0.15, 0.2) is 5.03 Å². The summed E-state index contributed by atoms with van der Waals surface area (Å²) in [6.45, 7) is 1.60. The molecule has 0 aliphatic carbocycles. The molecule has 0 radical (unpaired) electrons. The van der Waals surface area contributed by atoms with E-state index in [4.69, 9.17) is 0 Å². The third-order valence-electron chi connectivity index (χ3n) is 2.17. The zero-order valence-electron chi connectivity index (χ0n) is 9.31. The molecule has 2 rings (SSSR count). The number of phenols is 1. The van der Waals surface area contributed by atoms with Gasteiger partial charge in [0, 0.05) is 6.07 Å². The number of benzene rings is 1. The van der Waals surface area contributed by atoms with E-state index < -0.39 is 15.8 Å². The van der Waals surface area contributed by atoms with E-state index in [1.165, 1.54) is 0 Å². The van der Waals surface area contributed by atoms with Gasteiger partial charge in [0.25, 0.3) is 10.0 Å². The number of imidazole rings is 1. The van der Waals surface area contributed by atoms with Crippen LogP contribution in [0.15, 0.2) is 29.4 Å². The molecule has 0 amide bonds. The van der Waals surface area contributed by atoms with Gasteiger partial charge in [0.1, 0.15) is 17.4 Å². The van der Waals surface area contributed by atoms with Crippen LogP contribution in [0.1, 0.15) is 5.82 Å². The smallest absolute Gasteiger partial charge is 0.279 e. The normalized spacial score (nSPS) is 11.4. The van der Waals surface area contributed by atoms with Crippen molar-refractivity contribution in [3.05, 3.63) is 36.0 Å². The largest absolute Gasteiger partial charge is 0.506 e. The van der Waals surface area contributed by atoms with Crippen LogP contribution in [-0.4, -0.2) is 23.5 Å². The number of H-pyrrole nitrogens is 1. The second-order valence-electron chi connectivity index (χ2n) is 3.60. The fourth-order valence-corrected chi connectivity index (χ4v) is 2.36. The first-order chi connectivity index (χ1) is 8.38. The first kappa shape index (κ1) is 12.4. The highest BCUT2D eigenvalue weighted by atomic mass is 32.2. The minimum absolute atomic E-state index is 0.163. The third-order valence-corrected chi connectivity index (χ3v) is 3.45. The molecule has 0 spiro atoms. The number of hydrogen-bond donors (Lipinski definition) is 3. The predicted octanol–water partition coefficient (Wildman–Crippen LogP) is 1.36. The monoisotopic (exact) mass is 271 g/mol. The van der Waals surface area contributed by atoms with Gasteiger partial charge in [-0.1, -0.05) is 0 Å². The summed E-state index contributed by atoms with van der Waals surface area (Å²) in [6.07, 6.45) is 1.13. The zero-order chi connectivity index (χ0) is 13.3. The molecule has 0 saturated carbocycles. The number of aromatic nitrogens is 2. The fraction of sp³-hybridized carbons (Fsp3) is 0.100. The SMILES string of the molecule is Cc1ncc(S(=O)(=O)Nc2cc(F)ccc2O)[nH]1. The lowest BCUT2D eigenvalue weighted by molar-refractivity contribution is 0.475. The average molecular weight is 271 g/mol. The van der Waals surface area contributed by atoms with Gasteiger partial charge in [-0.15, -0.1) is 0 Å². The molecule has 0 aliphatic rings. The third kappa shape index (κ3) is 2.43. The minimum atomic E-state index is -3.93. The number of aryl methyl sites for hydroxylation is 1. The Morgan fingerprint density at radius 3 is 2.78 bits per heavy atom. The Bertz CT molecular complexity index is 681. The molecule has 0 aliphatic heterocycles. The molecule has 0 bridgehead atoms. The van der Waals surface area contributed by atoms with Crippen molar-refractivity contribution >= 4 is 15.7 Å². The number of phenolic OH excluding ortho intramolecular Hbond substituents is 1. The maximum atomic E-state index is 13.0. The molecular formula is C10H10FN3O3S. The molecule has 2 aromatic rings. The highest BCUT2D eigenvalue weighted by molar-refractivity contribution is 7.92. The van der Waals surface area contributed by atoms with E-state index in [0.29, 0.717) is 5.82 Å². The zero-order valence-corrected chi connectivity index (χ0v) is 10.1. The Morgan fingerprint density at radius 1 is 1.44 bits per heavy atom. The van der Waals surface area contributed by atoms with Crippen LogP contribution < -0.4 is 4.72 Å². The highest BCUT2D eigenvalue weighted by Gasteiger charge is 2.18. The molecule has 8 heteroatoms. The van der Waals surface area contributed by atoms with Gasteiger partial charge in [-0.2, -0.15) is 8.42 Å². The number of sulfonamides is 1. The standard InChI is InChI=1S/C10H10FN3O3S/c1-6-12-5-10(13-6)18(16,17)14-8-4-7(11)2-3-9(8)15/h2-5,14-15H,1H3,(H,12,13). The quantitative estimate of drug-likeness (QED) is 0.734. The van der Waals surface area contributed by atoms with Crippen LogP contribution in [0, 0.1) is 12.7 Å². The number of aromatic amines is 1. The summed E-state index contributed by atoms with van der Waals surface area (Å²) in [6, 6.07) is 2.97. The number of nitrogens with one attached hydrogen (secondary N) is 2. The van der Waals surface area contributed by atoms with Crippen LogP contribution in [0.3, 0.4) is 0 Å². The van der Waals surface area contributed by atoms with Gasteiger partial charge in [-0.05, 0) is 19.1 Å². The molecule has 18 heavy (non-hydrogen) atoms. The van der Waals surface area contributed by atoms with Gasteiger partial charge in [0.05, 0.1) is 11.9 Å². The van der Waals surface area contributed by atoms with Gasteiger partial charge < -0.3 is 10.1 Å². The fourth-order valence-electron chi connectivity index (χ4n) is 1.32. The molecule has 0 atom stereocenters. The van der Waals surface area contributed by atoms with Gasteiger partial charge in [0.2, 0.25) is 0 Å². The average Bonchev–Trinajstić information content (AvgIpc) is 2.71. The van der Waals surface area contributed by atoms with Crippen LogP contribution in [0.4, 0.5) is 10.1 Å². The Labute approximate surface area is 103 Å². The molecule has 0 unspecified atom stereocenters. The maximum absolute atomic E-state index is 13.0. The molecule has 96 valence electrons. The first-order valence-electron chi connectivity index (χ1n) is 4.91. The van der Waals surface area contributed by atoms with E-state index in [0.717, 1.165) is 24.4 Å². The van der Waals surface area contributed by atoms with E-state index in [-0.39, 0.29) is 16.5 Å². The van der Waals surface area contributed by atoms with Crippen LogP contribution in [0.2, 0.25) is 0 Å². The van der Waals surface area contributed by atoms with Crippen molar-refractivity contribution in [3.63, 3.8) is 0 Å². The summed E-state index contributed by atoms with van der Waals surface area (Å²) in [5.74, 6) is -0.596. The molecule has 1 heterocycles. The predicted molar refractivity (Wildman–Crippen MR) is 62.2 cm³/mol. The Kier molecular flexibility index (Phi) is 2.95. The number of nitrogens with zero attached hydrogens (tertiary/aromatic N) is 1. The molecule has 6 nitrogen and oxygen atoms in total. The number of rotatable bonds is 3. The van der Waals surface area contributed by atoms with Crippen molar-refractivity contribution in [2.24, 2.45) is 0 Å². The summed E-state index contributed by atoms with van der Waals surface area (Å²) in [5.41, 5.74) is -0.234. The summed E-state index contributed by atoms with van der Waals surface area (Å²) in [4.78, 5) is 6.29. The van der Waals surface area contributed by atoms with E-state index in [1.807, 2.05) is 0 Å². The Balaban J connectivity index is 2.36. The number of hydrogen-bond acceptors (Lipinski definition) is 4. The van der Waals surface area contributed by atoms with Crippen molar-refractivity contribution < 1.29 is 17.9 Å². The van der Waals surface area contributed by atoms with E-state index in [1.54, 1.807) is 6.92 Å². The van der Waals surface area contributed by atoms with E-state index in [9.17, 15) is 17.9 Å².